The van der Waals surface area contributed by atoms with E-state index in [1.165, 1.54) is 0 Å². The minimum atomic E-state index is -3.27. The monoisotopic (exact) mass is 225 g/mol. The molecule has 0 bridgehead atoms. The Hall–Kier alpha value is -0.870. The highest BCUT2D eigenvalue weighted by Crippen LogP contribution is 2.42. The van der Waals surface area contributed by atoms with E-state index in [0.29, 0.717) is 11.4 Å². The minimum absolute atomic E-state index is 0.426. The minimum Gasteiger partial charge on any atom is -0.207 e. The number of hydrogen-bond acceptors (Lipinski definition) is 2. The summed E-state index contributed by atoms with van der Waals surface area (Å²) in [6, 6.07) is 7.23. The third kappa shape index (κ3) is 1.25. The predicted molar refractivity (Wildman–Crippen MR) is 59.0 cm³/mol. The van der Waals surface area contributed by atoms with Gasteiger partial charge in [0.25, 0.3) is 0 Å². The Morgan fingerprint density at radius 3 is 2.40 bits per heavy atom. The lowest BCUT2D eigenvalue weighted by Gasteiger charge is -2.29. The van der Waals surface area contributed by atoms with Crippen LogP contribution in [0.5, 0.6) is 0 Å². The van der Waals surface area contributed by atoms with Crippen molar-refractivity contribution in [1.29, 1.82) is 0 Å². The van der Waals surface area contributed by atoms with Crippen molar-refractivity contribution in [3.63, 3.8) is 0 Å². The number of hydrogen-bond donors (Lipinski definition) is 0. The van der Waals surface area contributed by atoms with Crippen molar-refractivity contribution in [3.8, 4) is 0 Å². The van der Waals surface area contributed by atoms with Crippen molar-refractivity contribution < 1.29 is 8.42 Å². The molecule has 0 fully saturated rings. The van der Waals surface area contributed by atoms with Crippen LogP contribution in [0, 0.1) is 0 Å². The van der Waals surface area contributed by atoms with Crippen LogP contribution in [-0.2, 0) is 15.6 Å². The van der Waals surface area contributed by atoms with Crippen LogP contribution in [0.3, 0.4) is 0 Å². The fraction of sp³-hybridized carbons (Fsp3) is 0.455. The third-order valence-electron chi connectivity index (χ3n) is 3.02. The van der Waals surface area contributed by atoms with E-state index < -0.39 is 15.6 Å². The van der Waals surface area contributed by atoms with Gasteiger partial charge in [0.1, 0.15) is 0 Å². The molecule has 0 radical (unpaired) electrons. The SMILES string of the molecule is CCN1C(C)(C)c2ccccc2S1(=O)=O. The van der Waals surface area contributed by atoms with Crippen molar-refractivity contribution in [2.45, 2.75) is 31.2 Å². The van der Waals surface area contributed by atoms with E-state index in [4.69, 9.17) is 0 Å². The van der Waals surface area contributed by atoms with Crippen LogP contribution in [0.4, 0.5) is 0 Å². The zero-order valence-electron chi connectivity index (χ0n) is 9.19. The van der Waals surface area contributed by atoms with Crippen molar-refractivity contribution >= 4 is 10.0 Å². The summed E-state index contributed by atoms with van der Waals surface area (Å²) in [6.45, 7) is 6.26. The first-order chi connectivity index (χ1) is 6.92. The molecule has 15 heavy (non-hydrogen) atoms. The smallest absolute Gasteiger partial charge is 0.207 e. The second kappa shape index (κ2) is 3.06. The quantitative estimate of drug-likeness (QED) is 0.732. The fourth-order valence-corrected chi connectivity index (χ4v) is 4.44. The Morgan fingerprint density at radius 2 is 1.87 bits per heavy atom. The van der Waals surface area contributed by atoms with Gasteiger partial charge in [0, 0.05) is 6.54 Å². The second-order valence-electron chi connectivity index (χ2n) is 4.22. The van der Waals surface area contributed by atoms with Crippen LogP contribution >= 0.6 is 0 Å². The van der Waals surface area contributed by atoms with Crippen LogP contribution in [0.25, 0.3) is 0 Å². The molecule has 0 saturated heterocycles. The van der Waals surface area contributed by atoms with Crippen LogP contribution in [0.15, 0.2) is 29.2 Å². The maximum atomic E-state index is 12.2. The first-order valence-corrected chi connectivity index (χ1v) is 6.48. The van der Waals surface area contributed by atoms with Crippen LogP contribution < -0.4 is 0 Å². The van der Waals surface area contributed by atoms with Gasteiger partial charge in [-0.2, -0.15) is 4.31 Å². The molecule has 1 heterocycles. The summed E-state index contributed by atoms with van der Waals surface area (Å²) < 4.78 is 25.9. The van der Waals surface area contributed by atoms with E-state index in [0.717, 1.165) is 5.56 Å². The number of sulfonamides is 1. The molecule has 1 aliphatic rings. The van der Waals surface area contributed by atoms with E-state index in [2.05, 4.69) is 0 Å². The van der Waals surface area contributed by atoms with E-state index in [-0.39, 0.29) is 0 Å². The zero-order chi connectivity index (χ0) is 11.3. The van der Waals surface area contributed by atoms with Gasteiger partial charge in [0.2, 0.25) is 10.0 Å². The number of benzene rings is 1. The van der Waals surface area contributed by atoms with E-state index >= 15 is 0 Å². The molecule has 0 amide bonds. The van der Waals surface area contributed by atoms with Gasteiger partial charge in [-0.15, -0.1) is 0 Å². The molecule has 2 rings (SSSR count). The molecular weight excluding hydrogens is 210 g/mol. The van der Waals surface area contributed by atoms with Crippen LogP contribution in [0.2, 0.25) is 0 Å². The second-order valence-corrected chi connectivity index (χ2v) is 6.06. The van der Waals surface area contributed by atoms with Gasteiger partial charge in [-0.05, 0) is 25.5 Å². The third-order valence-corrected chi connectivity index (χ3v) is 5.23. The molecule has 82 valence electrons. The standard InChI is InChI=1S/C11H15NO2S/c1-4-12-11(2,3)9-7-5-6-8-10(9)15(12,13)14/h5-8H,4H2,1-3H3. The Kier molecular flexibility index (Phi) is 2.17. The molecule has 0 N–H and O–H groups in total. The summed E-state index contributed by atoms with van der Waals surface area (Å²) in [5, 5.41) is 0. The molecule has 0 atom stereocenters. The van der Waals surface area contributed by atoms with Gasteiger partial charge in [-0.1, -0.05) is 25.1 Å². The normalized spacial score (nSPS) is 22.6. The van der Waals surface area contributed by atoms with Crippen LogP contribution in [-0.4, -0.2) is 19.3 Å². The maximum absolute atomic E-state index is 12.2. The van der Waals surface area contributed by atoms with E-state index in [9.17, 15) is 8.42 Å². The molecule has 0 spiro atoms. The number of fused-ring (bicyclic) bond motifs is 1. The Bertz CT molecular complexity index is 491. The van der Waals surface area contributed by atoms with Gasteiger partial charge < -0.3 is 0 Å². The topological polar surface area (TPSA) is 37.4 Å². The fourth-order valence-electron chi connectivity index (χ4n) is 2.32. The molecule has 4 heteroatoms. The average molecular weight is 225 g/mol. The van der Waals surface area contributed by atoms with Crippen molar-refractivity contribution in [2.75, 3.05) is 6.54 Å². The molecule has 3 nitrogen and oxygen atoms in total. The van der Waals surface area contributed by atoms with Gasteiger partial charge in [-0.3, -0.25) is 0 Å². The molecular formula is C11H15NO2S. The zero-order valence-corrected chi connectivity index (χ0v) is 10.0. The summed E-state index contributed by atoms with van der Waals surface area (Å²) >= 11 is 0. The largest absolute Gasteiger partial charge is 0.244 e. The van der Waals surface area contributed by atoms with Gasteiger partial charge in [0.05, 0.1) is 10.4 Å². The lowest BCUT2D eigenvalue weighted by molar-refractivity contribution is 0.254. The van der Waals surface area contributed by atoms with E-state index in [1.807, 2.05) is 32.9 Å². The summed E-state index contributed by atoms with van der Waals surface area (Å²) in [4.78, 5) is 0.455. The summed E-state index contributed by atoms with van der Waals surface area (Å²) in [6.07, 6.45) is 0. The van der Waals surface area contributed by atoms with Crippen LogP contribution in [0.1, 0.15) is 26.3 Å². The molecule has 1 aromatic carbocycles. The Balaban J connectivity index is 2.77. The molecule has 0 aliphatic carbocycles. The highest BCUT2D eigenvalue weighted by molar-refractivity contribution is 7.89. The Labute approximate surface area is 90.8 Å². The summed E-state index contributed by atoms with van der Waals surface area (Å²) in [7, 11) is -3.27. The first-order valence-electron chi connectivity index (χ1n) is 5.04. The maximum Gasteiger partial charge on any atom is 0.244 e. The van der Waals surface area contributed by atoms with Crippen molar-refractivity contribution in [2.24, 2.45) is 0 Å². The van der Waals surface area contributed by atoms with Crippen molar-refractivity contribution in [3.05, 3.63) is 29.8 Å². The molecule has 0 saturated carbocycles. The first kappa shape index (κ1) is 10.6. The van der Waals surface area contributed by atoms with Gasteiger partial charge >= 0.3 is 0 Å². The van der Waals surface area contributed by atoms with Crippen molar-refractivity contribution in [1.82, 2.24) is 4.31 Å². The Morgan fingerprint density at radius 1 is 1.27 bits per heavy atom. The molecule has 0 unspecified atom stereocenters. The van der Waals surface area contributed by atoms with Gasteiger partial charge in [0.15, 0.2) is 0 Å². The lowest BCUT2D eigenvalue weighted by Crippen LogP contribution is -2.38. The molecule has 0 aromatic heterocycles. The van der Waals surface area contributed by atoms with Gasteiger partial charge in [-0.25, -0.2) is 8.42 Å². The lowest BCUT2D eigenvalue weighted by atomic mass is 9.94. The highest BCUT2D eigenvalue weighted by atomic mass is 32.2. The number of rotatable bonds is 1. The van der Waals surface area contributed by atoms with E-state index in [1.54, 1.807) is 16.4 Å². The molecule has 1 aromatic rings. The summed E-state index contributed by atoms with van der Waals surface area (Å²) in [5.41, 5.74) is 0.469. The predicted octanol–water partition coefficient (Wildman–Crippen LogP) is 1.95. The highest BCUT2D eigenvalue weighted by Gasteiger charge is 2.46. The number of nitrogens with zero attached hydrogens (tertiary/aromatic N) is 1. The molecule has 1 aliphatic heterocycles. The average Bonchev–Trinajstić information content (AvgIpc) is 2.32. The summed E-state index contributed by atoms with van der Waals surface area (Å²) in [5.74, 6) is 0.